The van der Waals surface area contributed by atoms with Gasteiger partial charge in [0, 0.05) is 32.6 Å². The molecule has 0 aromatic heterocycles. The highest BCUT2D eigenvalue weighted by molar-refractivity contribution is 5.89. The van der Waals surface area contributed by atoms with E-state index < -0.39 is 12.2 Å². The van der Waals surface area contributed by atoms with Crippen molar-refractivity contribution >= 4 is 17.8 Å². The number of hydrazine groups is 1. The molecular weight excluding hydrogens is 338 g/mol. The van der Waals surface area contributed by atoms with Crippen LogP contribution in [0.15, 0.2) is 24.3 Å². The summed E-state index contributed by atoms with van der Waals surface area (Å²) in [6.07, 6.45) is 0.357. The summed E-state index contributed by atoms with van der Waals surface area (Å²) in [5.41, 5.74) is 6.02. The molecule has 0 aliphatic carbocycles. The van der Waals surface area contributed by atoms with Crippen molar-refractivity contribution in [2.24, 2.45) is 0 Å². The molecule has 2 aliphatic rings. The number of carbonyl (C=O) groups excluding carboxylic acids is 3. The number of rotatable bonds is 5. The minimum Gasteiger partial charge on any atom is -0.497 e. The number of benzene rings is 1. The van der Waals surface area contributed by atoms with Crippen LogP contribution in [0.3, 0.4) is 0 Å². The normalized spacial score (nSPS) is 19.7. The predicted molar refractivity (Wildman–Crippen MR) is 93.1 cm³/mol. The Morgan fingerprint density at radius 1 is 1.12 bits per heavy atom. The van der Waals surface area contributed by atoms with Crippen LogP contribution >= 0.6 is 0 Å². The highest BCUT2D eigenvalue weighted by Crippen LogP contribution is 2.14. The maximum atomic E-state index is 12.4. The molecule has 26 heavy (non-hydrogen) atoms. The van der Waals surface area contributed by atoms with Crippen LogP contribution in [0, 0.1) is 0 Å². The lowest BCUT2D eigenvalue weighted by atomic mass is 10.1. The van der Waals surface area contributed by atoms with Gasteiger partial charge in [0.15, 0.2) is 6.17 Å². The van der Waals surface area contributed by atoms with E-state index in [4.69, 9.17) is 4.74 Å². The molecular formula is C17H23N5O4. The number of urea groups is 1. The first-order chi connectivity index (χ1) is 12.6. The molecule has 1 aromatic carbocycles. The molecule has 0 radical (unpaired) electrons. The number of hydrogen-bond acceptors (Lipinski definition) is 5. The molecule has 0 bridgehead atoms. The SMILES string of the molecule is COc1ccc(CCC(=O)N2CCN(C(=O)C3NNC(=O)N3)CC2)cc1. The fourth-order valence-electron chi connectivity index (χ4n) is 3.02. The van der Waals surface area contributed by atoms with Gasteiger partial charge in [-0.3, -0.25) is 15.0 Å². The third kappa shape index (κ3) is 4.23. The van der Waals surface area contributed by atoms with Crippen LogP contribution in [-0.4, -0.2) is 67.1 Å². The maximum Gasteiger partial charge on any atom is 0.330 e. The molecule has 9 heteroatoms. The summed E-state index contributed by atoms with van der Waals surface area (Å²) in [5, 5.41) is 2.49. The number of nitrogens with zero attached hydrogens (tertiary/aromatic N) is 2. The van der Waals surface area contributed by atoms with E-state index in [2.05, 4.69) is 16.2 Å². The monoisotopic (exact) mass is 361 g/mol. The zero-order valence-electron chi connectivity index (χ0n) is 14.7. The van der Waals surface area contributed by atoms with Crippen LogP contribution in [0.2, 0.25) is 0 Å². The summed E-state index contributed by atoms with van der Waals surface area (Å²) in [6, 6.07) is 7.26. The van der Waals surface area contributed by atoms with Gasteiger partial charge in [0.2, 0.25) is 5.91 Å². The lowest BCUT2D eigenvalue weighted by Crippen LogP contribution is -2.56. The molecule has 2 heterocycles. The molecule has 4 amide bonds. The van der Waals surface area contributed by atoms with Crippen molar-refractivity contribution in [1.29, 1.82) is 0 Å². The van der Waals surface area contributed by atoms with E-state index in [0.29, 0.717) is 39.0 Å². The zero-order valence-corrected chi connectivity index (χ0v) is 14.7. The van der Waals surface area contributed by atoms with Crippen molar-refractivity contribution < 1.29 is 19.1 Å². The molecule has 0 saturated carbocycles. The molecule has 0 spiro atoms. The van der Waals surface area contributed by atoms with Crippen LogP contribution < -0.4 is 20.9 Å². The van der Waals surface area contributed by atoms with Crippen LogP contribution in [0.1, 0.15) is 12.0 Å². The molecule has 9 nitrogen and oxygen atoms in total. The van der Waals surface area contributed by atoms with Crippen molar-refractivity contribution in [1.82, 2.24) is 26.0 Å². The predicted octanol–water partition coefficient (Wildman–Crippen LogP) is -0.558. The fourth-order valence-corrected chi connectivity index (χ4v) is 3.02. The summed E-state index contributed by atoms with van der Waals surface area (Å²) in [4.78, 5) is 39.2. The number of ether oxygens (including phenoxy) is 1. The molecule has 1 aromatic rings. The molecule has 1 unspecified atom stereocenters. The molecule has 3 rings (SSSR count). The first kappa shape index (κ1) is 18.0. The molecule has 2 aliphatic heterocycles. The van der Waals surface area contributed by atoms with E-state index in [1.54, 1.807) is 16.9 Å². The van der Waals surface area contributed by atoms with E-state index >= 15 is 0 Å². The van der Waals surface area contributed by atoms with Gasteiger partial charge in [-0.15, -0.1) is 0 Å². The van der Waals surface area contributed by atoms with Crippen LogP contribution in [-0.2, 0) is 16.0 Å². The van der Waals surface area contributed by atoms with Gasteiger partial charge in [-0.05, 0) is 24.1 Å². The second-order valence-corrected chi connectivity index (χ2v) is 6.23. The lowest BCUT2D eigenvalue weighted by molar-refractivity contribution is -0.140. The highest BCUT2D eigenvalue weighted by atomic mass is 16.5. The Morgan fingerprint density at radius 2 is 1.77 bits per heavy atom. The van der Waals surface area contributed by atoms with Gasteiger partial charge in [0.05, 0.1) is 7.11 Å². The van der Waals surface area contributed by atoms with E-state index in [-0.39, 0.29) is 11.8 Å². The van der Waals surface area contributed by atoms with Gasteiger partial charge < -0.3 is 19.9 Å². The number of amides is 4. The lowest BCUT2D eigenvalue weighted by Gasteiger charge is -2.35. The van der Waals surface area contributed by atoms with Gasteiger partial charge in [-0.25, -0.2) is 10.2 Å². The Labute approximate surface area is 151 Å². The average molecular weight is 361 g/mol. The van der Waals surface area contributed by atoms with E-state index in [1.165, 1.54) is 0 Å². The van der Waals surface area contributed by atoms with Crippen molar-refractivity contribution in [2.45, 2.75) is 19.0 Å². The Morgan fingerprint density at radius 3 is 2.35 bits per heavy atom. The summed E-state index contributed by atoms with van der Waals surface area (Å²) in [5.74, 6) is 0.680. The fraction of sp³-hybridized carbons (Fsp3) is 0.471. The third-order valence-corrected chi connectivity index (χ3v) is 4.58. The Balaban J connectivity index is 1.43. The number of hydrogen-bond donors (Lipinski definition) is 3. The summed E-state index contributed by atoms with van der Waals surface area (Å²) >= 11 is 0. The van der Waals surface area contributed by atoms with Gasteiger partial charge >= 0.3 is 6.03 Å². The standard InChI is InChI=1S/C17H23N5O4/c1-26-13-5-2-12(3-6-13)4-7-14(23)21-8-10-22(11-9-21)16(24)15-18-17(25)20-19-15/h2-3,5-6,15,19H,4,7-11H2,1H3,(H2,18,20,25). The van der Waals surface area contributed by atoms with Gasteiger partial charge in [-0.1, -0.05) is 12.1 Å². The summed E-state index contributed by atoms with van der Waals surface area (Å²) < 4.78 is 5.12. The molecule has 140 valence electrons. The van der Waals surface area contributed by atoms with Crippen molar-refractivity contribution in [2.75, 3.05) is 33.3 Å². The minimum absolute atomic E-state index is 0.0851. The van der Waals surface area contributed by atoms with Crippen molar-refractivity contribution in [3.8, 4) is 5.75 Å². The largest absolute Gasteiger partial charge is 0.497 e. The molecule has 1 atom stereocenters. The Hall–Kier alpha value is -2.81. The third-order valence-electron chi connectivity index (χ3n) is 4.58. The summed E-state index contributed by atoms with van der Waals surface area (Å²) in [6.45, 7) is 1.92. The first-order valence-electron chi connectivity index (χ1n) is 8.58. The van der Waals surface area contributed by atoms with Crippen molar-refractivity contribution in [3.63, 3.8) is 0 Å². The average Bonchev–Trinajstić information content (AvgIpc) is 3.12. The molecule has 2 fully saturated rings. The van der Waals surface area contributed by atoms with E-state index in [0.717, 1.165) is 11.3 Å². The van der Waals surface area contributed by atoms with Crippen LogP contribution in [0.4, 0.5) is 4.79 Å². The highest BCUT2D eigenvalue weighted by Gasteiger charge is 2.32. The topological polar surface area (TPSA) is 103 Å². The van der Waals surface area contributed by atoms with Gasteiger partial charge in [0.1, 0.15) is 5.75 Å². The number of methoxy groups -OCH3 is 1. The number of carbonyl (C=O) groups is 3. The van der Waals surface area contributed by atoms with Gasteiger partial charge in [0.25, 0.3) is 5.91 Å². The Kier molecular flexibility index (Phi) is 5.57. The molecule has 3 N–H and O–H groups in total. The number of aryl methyl sites for hydroxylation is 1. The number of nitrogens with one attached hydrogen (secondary N) is 3. The van der Waals surface area contributed by atoms with E-state index in [9.17, 15) is 14.4 Å². The summed E-state index contributed by atoms with van der Waals surface area (Å²) in [7, 11) is 1.62. The second-order valence-electron chi connectivity index (χ2n) is 6.23. The quantitative estimate of drug-likeness (QED) is 0.653. The zero-order chi connectivity index (χ0) is 18.5. The van der Waals surface area contributed by atoms with Crippen LogP contribution in [0.25, 0.3) is 0 Å². The van der Waals surface area contributed by atoms with Gasteiger partial charge in [-0.2, -0.15) is 0 Å². The van der Waals surface area contributed by atoms with Crippen LogP contribution in [0.5, 0.6) is 5.75 Å². The Bertz CT molecular complexity index is 670. The maximum absolute atomic E-state index is 12.4. The first-order valence-corrected chi connectivity index (χ1v) is 8.58. The number of piperazine rings is 1. The van der Waals surface area contributed by atoms with E-state index in [1.807, 2.05) is 24.3 Å². The second kappa shape index (κ2) is 8.05. The van der Waals surface area contributed by atoms with Crippen molar-refractivity contribution in [3.05, 3.63) is 29.8 Å². The smallest absolute Gasteiger partial charge is 0.330 e. The molecule has 2 saturated heterocycles. The minimum atomic E-state index is -0.750.